The normalized spacial score (nSPS) is 11.0. The molecule has 0 radical (unpaired) electrons. The molecule has 2 aromatic carbocycles. The highest BCUT2D eigenvalue weighted by Crippen LogP contribution is 2.27. The van der Waals surface area contributed by atoms with Crippen molar-refractivity contribution in [1.29, 1.82) is 5.26 Å². The molecular weight excluding hydrogens is 497 g/mol. The fourth-order valence-electron chi connectivity index (χ4n) is 4.04. The van der Waals surface area contributed by atoms with Crippen molar-refractivity contribution in [1.82, 2.24) is 19.2 Å². The Morgan fingerprint density at radius 2 is 1.83 bits per heavy atom. The Labute approximate surface area is 216 Å². The molecule has 5 aromatic rings. The first-order chi connectivity index (χ1) is 17.4. The molecule has 0 aliphatic rings. The van der Waals surface area contributed by atoms with Crippen molar-refractivity contribution in [3.8, 4) is 28.8 Å². The van der Waals surface area contributed by atoms with E-state index in [1.54, 1.807) is 54.2 Å². The van der Waals surface area contributed by atoms with Gasteiger partial charge in [-0.1, -0.05) is 41.4 Å². The number of hydrogen-bond donors (Lipinski definition) is 0. The maximum absolute atomic E-state index is 13.6. The van der Waals surface area contributed by atoms with Crippen LogP contribution in [0.2, 0.25) is 10.0 Å². The van der Waals surface area contributed by atoms with E-state index in [1.165, 1.54) is 4.40 Å². The summed E-state index contributed by atoms with van der Waals surface area (Å²) in [7, 11) is 0. The summed E-state index contributed by atoms with van der Waals surface area (Å²) in [4.78, 5) is 18.3. The Balaban J connectivity index is 1.55. The predicted octanol–water partition coefficient (Wildman–Crippen LogP) is 5.92. The van der Waals surface area contributed by atoms with Crippen LogP contribution in [0.5, 0.6) is 5.75 Å². The molecule has 0 aliphatic carbocycles. The van der Waals surface area contributed by atoms with Crippen LogP contribution in [0.4, 0.5) is 0 Å². The van der Waals surface area contributed by atoms with Crippen LogP contribution in [-0.4, -0.2) is 19.2 Å². The van der Waals surface area contributed by atoms with E-state index in [9.17, 15) is 10.1 Å². The molecule has 9 heteroatoms. The molecule has 0 bridgehead atoms. The number of pyridine rings is 1. The SMILES string of the molecule is Cc1nc2c(OCc3ccccc3C#N)cccn2c(=O)c1-c1cc(C)n(-c2ccc(Cl)c(Cl)c2)n1. The lowest BCUT2D eigenvalue weighted by atomic mass is 10.1. The van der Waals surface area contributed by atoms with E-state index in [4.69, 9.17) is 32.9 Å². The molecular formula is C27H19Cl2N5O2. The monoisotopic (exact) mass is 515 g/mol. The third-order valence-corrected chi connectivity index (χ3v) is 6.55. The first-order valence-corrected chi connectivity index (χ1v) is 11.8. The quantitative estimate of drug-likeness (QED) is 0.290. The van der Waals surface area contributed by atoms with Gasteiger partial charge >= 0.3 is 0 Å². The molecule has 0 fully saturated rings. The van der Waals surface area contributed by atoms with Gasteiger partial charge in [-0.15, -0.1) is 0 Å². The van der Waals surface area contributed by atoms with Gasteiger partial charge in [-0.25, -0.2) is 9.67 Å². The smallest absolute Gasteiger partial charge is 0.267 e. The lowest BCUT2D eigenvalue weighted by Gasteiger charge is -2.12. The lowest BCUT2D eigenvalue weighted by molar-refractivity contribution is 0.307. The van der Waals surface area contributed by atoms with E-state index in [-0.39, 0.29) is 12.2 Å². The molecule has 0 atom stereocenters. The molecule has 3 heterocycles. The minimum atomic E-state index is -0.265. The molecule has 178 valence electrons. The van der Waals surface area contributed by atoms with Gasteiger partial charge in [-0.05, 0) is 56.3 Å². The topological polar surface area (TPSA) is 85.2 Å². The number of halogens is 2. The average molecular weight is 516 g/mol. The molecule has 0 amide bonds. The summed E-state index contributed by atoms with van der Waals surface area (Å²) in [5.41, 5.74) is 4.37. The van der Waals surface area contributed by atoms with Crippen LogP contribution >= 0.6 is 23.2 Å². The van der Waals surface area contributed by atoms with Gasteiger partial charge in [0.2, 0.25) is 0 Å². The van der Waals surface area contributed by atoms with Crippen LogP contribution in [0.15, 0.2) is 71.7 Å². The maximum atomic E-state index is 13.6. The summed E-state index contributed by atoms with van der Waals surface area (Å²) in [5, 5.41) is 14.9. The number of nitrogens with zero attached hydrogens (tertiary/aromatic N) is 5. The van der Waals surface area contributed by atoms with Crippen molar-refractivity contribution in [2.45, 2.75) is 20.5 Å². The van der Waals surface area contributed by atoms with Gasteiger partial charge in [-0.3, -0.25) is 9.20 Å². The standard InChI is InChI=1S/C27H19Cl2N5O2/c1-16-12-23(32-34(16)20-9-10-21(28)22(29)13-20)25-17(2)31-26-24(8-5-11-33(26)27(25)35)36-15-19-7-4-3-6-18(19)14-30/h3-13H,15H2,1-2H3. The third kappa shape index (κ3) is 4.22. The molecule has 7 nitrogen and oxygen atoms in total. The molecule has 0 saturated heterocycles. The van der Waals surface area contributed by atoms with Gasteiger partial charge in [0.1, 0.15) is 12.3 Å². The fourth-order valence-corrected chi connectivity index (χ4v) is 4.33. The highest BCUT2D eigenvalue weighted by molar-refractivity contribution is 6.42. The lowest BCUT2D eigenvalue weighted by Crippen LogP contribution is -2.19. The molecule has 0 N–H and O–H groups in total. The number of nitriles is 1. The van der Waals surface area contributed by atoms with Crippen molar-refractivity contribution >= 4 is 28.8 Å². The molecule has 0 saturated carbocycles. The van der Waals surface area contributed by atoms with Crippen molar-refractivity contribution in [2.75, 3.05) is 0 Å². The molecule has 0 unspecified atom stereocenters. The minimum Gasteiger partial charge on any atom is -0.485 e. The van der Waals surface area contributed by atoms with Crippen LogP contribution in [-0.2, 0) is 6.61 Å². The number of fused-ring (bicyclic) bond motifs is 1. The Morgan fingerprint density at radius 1 is 1.03 bits per heavy atom. The number of benzene rings is 2. The Morgan fingerprint density at radius 3 is 2.61 bits per heavy atom. The van der Waals surface area contributed by atoms with Crippen LogP contribution in [0.3, 0.4) is 0 Å². The first-order valence-electron chi connectivity index (χ1n) is 11.0. The van der Waals surface area contributed by atoms with Gasteiger partial charge in [0, 0.05) is 17.5 Å². The summed E-state index contributed by atoms with van der Waals surface area (Å²) in [6, 6.07) is 19.9. The maximum Gasteiger partial charge on any atom is 0.267 e. The summed E-state index contributed by atoms with van der Waals surface area (Å²) in [5.74, 6) is 0.439. The molecule has 5 rings (SSSR count). The summed E-state index contributed by atoms with van der Waals surface area (Å²) in [6.45, 7) is 3.84. The van der Waals surface area contributed by atoms with Crippen LogP contribution in [0.1, 0.15) is 22.5 Å². The van der Waals surface area contributed by atoms with E-state index in [1.807, 2.05) is 31.2 Å². The highest BCUT2D eigenvalue weighted by Gasteiger charge is 2.19. The zero-order valence-corrected chi connectivity index (χ0v) is 20.9. The number of aromatic nitrogens is 4. The third-order valence-electron chi connectivity index (χ3n) is 5.81. The van der Waals surface area contributed by atoms with E-state index in [2.05, 4.69) is 11.2 Å². The summed E-state index contributed by atoms with van der Waals surface area (Å²) in [6.07, 6.45) is 1.65. The minimum absolute atomic E-state index is 0.174. The van der Waals surface area contributed by atoms with Crippen molar-refractivity contribution in [3.63, 3.8) is 0 Å². The molecule has 0 aliphatic heterocycles. The largest absolute Gasteiger partial charge is 0.485 e. The Hall–Kier alpha value is -4.12. The number of ether oxygens (including phenoxy) is 1. The highest BCUT2D eigenvalue weighted by atomic mass is 35.5. The Kier molecular flexibility index (Phi) is 6.23. The summed E-state index contributed by atoms with van der Waals surface area (Å²) < 4.78 is 9.14. The van der Waals surface area contributed by atoms with Crippen molar-refractivity contribution in [2.24, 2.45) is 0 Å². The van der Waals surface area contributed by atoms with Crippen molar-refractivity contribution in [3.05, 3.63) is 110 Å². The van der Waals surface area contributed by atoms with E-state index < -0.39 is 0 Å². The zero-order chi connectivity index (χ0) is 25.4. The second-order valence-corrected chi connectivity index (χ2v) is 9.00. The number of aryl methyl sites for hydroxylation is 2. The van der Waals surface area contributed by atoms with Gasteiger partial charge in [0.15, 0.2) is 11.4 Å². The first kappa shape index (κ1) is 23.6. The van der Waals surface area contributed by atoms with Gasteiger partial charge in [0.05, 0.1) is 38.6 Å². The second-order valence-electron chi connectivity index (χ2n) is 8.18. The molecule has 36 heavy (non-hydrogen) atoms. The predicted molar refractivity (Wildman–Crippen MR) is 139 cm³/mol. The fraction of sp³-hybridized carbons (Fsp3) is 0.111. The number of rotatable bonds is 5. The van der Waals surface area contributed by atoms with Crippen LogP contribution < -0.4 is 10.3 Å². The van der Waals surface area contributed by atoms with Gasteiger partial charge in [0.25, 0.3) is 5.56 Å². The molecule has 3 aromatic heterocycles. The second kappa shape index (κ2) is 9.50. The van der Waals surface area contributed by atoms with Crippen LogP contribution in [0.25, 0.3) is 22.6 Å². The Bertz CT molecular complexity index is 1730. The van der Waals surface area contributed by atoms with Gasteiger partial charge in [-0.2, -0.15) is 10.4 Å². The number of hydrogen-bond acceptors (Lipinski definition) is 5. The van der Waals surface area contributed by atoms with E-state index >= 15 is 0 Å². The van der Waals surface area contributed by atoms with E-state index in [0.717, 1.165) is 16.9 Å². The van der Waals surface area contributed by atoms with Gasteiger partial charge < -0.3 is 4.74 Å². The van der Waals surface area contributed by atoms with E-state index in [0.29, 0.717) is 44.0 Å². The van der Waals surface area contributed by atoms with Crippen LogP contribution in [0, 0.1) is 25.2 Å². The summed E-state index contributed by atoms with van der Waals surface area (Å²) >= 11 is 12.2. The molecule has 0 spiro atoms. The van der Waals surface area contributed by atoms with Crippen molar-refractivity contribution < 1.29 is 4.74 Å². The average Bonchev–Trinajstić information content (AvgIpc) is 3.25. The zero-order valence-electron chi connectivity index (χ0n) is 19.4.